The van der Waals surface area contributed by atoms with Gasteiger partial charge < -0.3 is 0 Å². The summed E-state index contributed by atoms with van der Waals surface area (Å²) in [6.45, 7) is 0. The van der Waals surface area contributed by atoms with E-state index < -0.39 is 0 Å². The van der Waals surface area contributed by atoms with Crippen LogP contribution in [0.25, 0.3) is 21.9 Å². The summed E-state index contributed by atoms with van der Waals surface area (Å²) in [6, 6.07) is 15.5. The molecular formula is C17H8BrClO. The van der Waals surface area contributed by atoms with Crippen LogP contribution in [0.1, 0.15) is 15.9 Å². The minimum Gasteiger partial charge on any atom is -0.289 e. The van der Waals surface area contributed by atoms with E-state index in [4.69, 9.17) is 11.6 Å². The van der Waals surface area contributed by atoms with Crippen LogP contribution in [0.15, 0.2) is 53.0 Å². The van der Waals surface area contributed by atoms with Crippen molar-refractivity contribution in [3.63, 3.8) is 0 Å². The molecule has 0 unspecified atom stereocenters. The van der Waals surface area contributed by atoms with Gasteiger partial charge in [0.15, 0.2) is 5.78 Å². The second kappa shape index (κ2) is 4.18. The summed E-state index contributed by atoms with van der Waals surface area (Å²) in [6.07, 6.45) is 0. The lowest BCUT2D eigenvalue weighted by Crippen LogP contribution is -1.96. The fourth-order valence-electron chi connectivity index (χ4n) is 2.87. The monoisotopic (exact) mass is 342 g/mol. The predicted molar refractivity (Wildman–Crippen MR) is 85.5 cm³/mol. The van der Waals surface area contributed by atoms with Crippen molar-refractivity contribution in [1.29, 1.82) is 0 Å². The highest BCUT2D eigenvalue weighted by Crippen LogP contribution is 2.43. The number of carbonyl (C=O) groups is 1. The average Bonchev–Trinajstić information content (AvgIpc) is 2.72. The van der Waals surface area contributed by atoms with Crippen molar-refractivity contribution in [2.24, 2.45) is 0 Å². The first kappa shape index (κ1) is 12.1. The van der Waals surface area contributed by atoms with Crippen LogP contribution in [0.4, 0.5) is 0 Å². The number of rotatable bonds is 0. The van der Waals surface area contributed by atoms with Gasteiger partial charge in [0.05, 0.1) is 0 Å². The Morgan fingerprint density at radius 2 is 1.70 bits per heavy atom. The zero-order chi connectivity index (χ0) is 13.9. The van der Waals surface area contributed by atoms with Crippen LogP contribution in [0.5, 0.6) is 0 Å². The van der Waals surface area contributed by atoms with Crippen molar-refractivity contribution in [3.8, 4) is 11.1 Å². The molecule has 0 spiro atoms. The maximum Gasteiger partial charge on any atom is 0.194 e. The van der Waals surface area contributed by atoms with Gasteiger partial charge >= 0.3 is 0 Å². The summed E-state index contributed by atoms with van der Waals surface area (Å²) in [5, 5.41) is 2.63. The van der Waals surface area contributed by atoms with Crippen LogP contribution in [-0.4, -0.2) is 5.78 Å². The van der Waals surface area contributed by atoms with E-state index in [1.165, 1.54) is 0 Å². The number of ketones is 1. The molecule has 0 fully saturated rings. The Hall–Kier alpha value is -1.64. The molecule has 3 aromatic carbocycles. The molecule has 0 bridgehead atoms. The van der Waals surface area contributed by atoms with Gasteiger partial charge in [-0.15, -0.1) is 0 Å². The van der Waals surface area contributed by atoms with E-state index in [1.54, 1.807) is 6.07 Å². The predicted octanol–water partition coefficient (Wildman–Crippen LogP) is 5.47. The number of hydrogen-bond acceptors (Lipinski definition) is 1. The standard InChI is InChI=1S/C17H8BrClO/c18-14-3-1-2-9-4-6-12-11-7-5-10(19)8-13(11)17(20)16(12)15(9)14/h1-8H. The molecule has 0 aliphatic heterocycles. The molecule has 96 valence electrons. The van der Waals surface area contributed by atoms with Crippen LogP contribution in [0.2, 0.25) is 5.02 Å². The average molecular weight is 344 g/mol. The Morgan fingerprint density at radius 1 is 0.900 bits per heavy atom. The van der Waals surface area contributed by atoms with E-state index in [2.05, 4.69) is 22.0 Å². The van der Waals surface area contributed by atoms with Gasteiger partial charge in [-0.05, 0) is 34.7 Å². The zero-order valence-corrected chi connectivity index (χ0v) is 12.6. The SMILES string of the molecule is O=C1c2cc(Cl)ccc2-c2ccc3cccc(Br)c3c21. The Morgan fingerprint density at radius 3 is 2.55 bits per heavy atom. The molecular weight excluding hydrogens is 336 g/mol. The van der Waals surface area contributed by atoms with Crippen LogP contribution in [0, 0.1) is 0 Å². The van der Waals surface area contributed by atoms with Gasteiger partial charge in [0.25, 0.3) is 0 Å². The largest absolute Gasteiger partial charge is 0.289 e. The summed E-state index contributed by atoms with van der Waals surface area (Å²) < 4.78 is 0.944. The smallest absolute Gasteiger partial charge is 0.194 e. The molecule has 1 aliphatic rings. The quantitative estimate of drug-likeness (QED) is 0.414. The molecule has 0 heterocycles. The highest BCUT2D eigenvalue weighted by molar-refractivity contribution is 9.10. The van der Waals surface area contributed by atoms with E-state index in [0.29, 0.717) is 10.6 Å². The van der Waals surface area contributed by atoms with Crippen molar-refractivity contribution in [3.05, 3.63) is 69.2 Å². The van der Waals surface area contributed by atoms with Crippen LogP contribution >= 0.6 is 27.5 Å². The summed E-state index contributed by atoms with van der Waals surface area (Å²) in [5.74, 6) is 0.0509. The first-order chi connectivity index (χ1) is 9.66. The lowest BCUT2D eigenvalue weighted by molar-refractivity contribution is 0.104. The van der Waals surface area contributed by atoms with E-state index >= 15 is 0 Å². The Balaban J connectivity index is 2.17. The van der Waals surface area contributed by atoms with Crippen molar-refractivity contribution < 1.29 is 4.79 Å². The highest BCUT2D eigenvalue weighted by Gasteiger charge is 2.29. The maximum atomic E-state index is 12.7. The van der Waals surface area contributed by atoms with Gasteiger partial charge in [-0.3, -0.25) is 4.79 Å². The molecule has 3 heteroatoms. The molecule has 1 aliphatic carbocycles. The second-order valence-corrected chi connectivity index (χ2v) is 6.14. The molecule has 0 radical (unpaired) electrons. The lowest BCUT2D eigenvalue weighted by Gasteiger charge is -2.06. The normalized spacial score (nSPS) is 12.6. The molecule has 0 amide bonds. The number of benzene rings is 3. The van der Waals surface area contributed by atoms with Gasteiger partial charge in [0.2, 0.25) is 0 Å². The van der Waals surface area contributed by atoms with Crippen molar-refractivity contribution in [1.82, 2.24) is 0 Å². The van der Waals surface area contributed by atoms with Gasteiger partial charge in [-0.25, -0.2) is 0 Å². The van der Waals surface area contributed by atoms with E-state index in [-0.39, 0.29) is 5.78 Å². The molecule has 4 rings (SSSR count). The Labute approximate surface area is 129 Å². The molecule has 1 nitrogen and oxygen atoms in total. The van der Waals surface area contributed by atoms with E-state index in [9.17, 15) is 4.79 Å². The fraction of sp³-hybridized carbons (Fsp3) is 0. The number of hydrogen-bond donors (Lipinski definition) is 0. The van der Waals surface area contributed by atoms with Crippen LogP contribution in [-0.2, 0) is 0 Å². The third-order valence-corrected chi connectivity index (χ3v) is 4.63. The minimum absolute atomic E-state index is 0.0509. The topological polar surface area (TPSA) is 17.1 Å². The van der Waals surface area contributed by atoms with Gasteiger partial charge in [-0.1, -0.05) is 57.9 Å². The molecule has 0 saturated heterocycles. The van der Waals surface area contributed by atoms with Crippen LogP contribution in [0.3, 0.4) is 0 Å². The van der Waals surface area contributed by atoms with E-state index in [1.807, 2.05) is 36.4 Å². The number of fused-ring (bicyclic) bond motifs is 5. The molecule has 0 saturated carbocycles. The molecule has 20 heavy (non-hydrogen) atoms. The highest BCUT2D eigenvalue weighted by atomic mass is 79.9. The summed E-state index contributed by atoms with van der Waals surface area (Å²) >= 11 is 9.58. The van der Waals surface area contributed by atoms with E-state index in [0.717, 1.165) is 31.9 Å². The Bertz CT molecular complexity index is 899. The second-order valence-electron chi connectivity index (χ2n) is 4.85. The summed E-state index contributed by atoms with van der Waals surface area (Å²) in [5.41, 5.74) is 3.41. The lowest BCUT2D eigenvalue weighted by atomic mass is 9.99. The van der Waals surface area contributed by atoms with Gasteiger partial charge in [0.1, 0.15) is 0 Å². The third kappa shape index (κ3) is 1.52. The van der Waals surface area contributed by atoms with Crippen molar-refractivity contribution in [2.45, 2.75) is 0 Å². The first-order valence-corrected chi connectivity index (χ1v) is 7.40. The van der Waals surface area contributed by atoms with Crippen molar-refractivity contribution in [2.75, 3.05) is 0 Å². The van der Waals surface area contributed by atoms with Gasteiger partial charge in [-0.2, -0.15) is 0 Å². The number of carbonyl (C=O) groups excluding carboxylic acids is 1. The number of halogens is 2. The molecule has 3 aromatic rings. The zero-order valence-electron chi connectivity index (χ0n) is 10.3. The Kier molecular flexibility index (Phi) is 2.53. The van der Waals surface area contributed by atoms with Crippen molar-refractivity contribution >= 4 is 44.1 Å². The maximum absolute atomic E-state index is 12.7. The fourth-order valence-corrected chi connectivity index (χ4v) is 3.62. The molecule has 0 aromatic heterocycles. The van der Waals surface area contributed by atoms with Gasteiger partial charge in [0, 0.05) is 26.0 Å². The minimum atomic E-state index is 0.0509. The molecule has 0 N–H and O–H groups in total. The summed E-state index contributed by atoms with van der Waals surface area (Å²) in [4.78, 5) is 12.7. The van der Waals surface area contributed by atoms with Crippen LogP contribution < -0.4 is 0 Å². The summed E-state index contributed by atoms with van der Waals surface area (Å²) in [7, 11) is 0. The third-order valence-electron chi connectivity index (χ3n) is 3.74. The molecule has 0 atom stereocenters. The first-order valence-electron chi connectivity index (χ1n) is 6.22.